The molecule has 4 heteroatoms. The second kappa shape index (κ2) is 5.03. The van der Waals surface area contributed by atoms with Gasteiger partial charge >= 0.3 is 5.97 Å². The van der Waals surface area contributed by atoms with Crippen molar-refractivity contribution in [3.8, 4) is 0 Å². The van der Waals surface area contributed by atoms with Crippen LogP contribution in [-0.4, -0.2) is 17.4 Å². The van der Waals surface area contributed by atoms with Crippen molar-refractivity contribution in [3.05, 3.63) is 36.3 Å². The predicted molar refractivity (Wildman–Crippen MR) is 69.5 cm³/mol. The van der Waals surface area contributed by atoms with Crippen LogP contribution in [0, 0.1) is 5.92 Å². The molecule has 19 heavy (non-hydrogen) atoms. The molecule has 102 valence electrons. The third kappa shape index (κ3) is 3.13. The first-order chi connectivity index (χ1) is 8.88. The van der Waals surface area contributed by atoms with Gasteiger partial charge in [-0.05, 0) is 45.4 Å². The Morgan fingerprint density at radius 1 is 1.42 bits per heavy atom. The lowest BCUT2D eigenvalue weighted by molar-refractivity contribution is -0.162. The van der Waals surface area contributed by atoms with E-state index in [1.165, 1.54) is 6.08 Å². The minimum Gasteiger partial charge on any atom is -0.469 e. The average Bonchev–Trinajstić information content (AvgIpc) is 2.79. The van der Waals surface area contributed by atoms with Gasteiger partial charge in [0.05, 0.1) is 6.26 Å². The smallest absolute Gasteiger partial charge is 0.318 e. The van der Waals surface area contributed by atoms with E-state index < -0.39 is 17.5 Å². The maximum Gasteiger partial charge on any atom is 0.318 e. The SMILES string of the molecule is CC(C)(C)OC(=O)[C@@H]1C(=O)C=CC[C@H]1c1ccco1. The minimum absolute atomic E-state index is 0.220. The van der Waals surface area contributed by atoms with Crippen molar-refractivity contribution in [1.29, 1.82) is 0 Å². The molecule has 0 N–H and O–H groups in total. The van der Waals surface area contributed by atoms with Gasteiger partial charge in [-0.25, -0.2) is 0 Å². The second-order valence-corrected chi connectivity index (χ2v) is 5.67. The summed E-state index contributed by atoms with van der Waals surface area (Å²) in [6.45, 7) is 5.36. The van der Waals surface area contributed by atoms with Gasteiger partial charge in [-0.15, -0.1) is 0 Å². The summed E-state index contributed by atoms with van der Waals surface area (Å²) in [6, 6.07) is 3.54. The molecule has 2 rings (SSSR count). The number of furan rings is 1. The number of ketones is 1. The van der Waals surface area contributed by atoms with E-state index in [-0.39, 0.29) is 11.7 Å². The molecular formula is C15H18O4. The summed E-state index contributed by atoms with van der Waals surface area (Å²) in [5, 5.41) is 0. The molecule has 1 aromatic heterocycles. The van der Waals surface area contributed by atoms with Crippen LogP contribution < -0.4 is 0 Å². The normalized spacial score (nSPS) is 23.4. The number of hydrogen-bond acceptors (Lipinski definition) is 4. The molecular weight excluding hydrogens is 244 g/mol. The van der Waals surface area contributed by atoms with Crippen LogP contribution in [0.3, 0.4) is 0 Å². The summed E-state index contributed by atoms with van der Waals surface area (Å²) in [6.07, 6.45) is 5.37. The predicted octanol–water partition coefficient (Wildman–Crippen LogP) is 2.85. The van der Waals surface area contributed by atoms with Gasteiger partial charge in [0.15, 0.2) is 5.78 Å². The van der Waals surface area contributed by atoms with E-state index in [2.05, 4.69) is 0 Å². The molecule has 1 aromatic rings. The Balaban J connectivity index is 2.25. The molecule has 0 saturated heterocycles. The van der Waals surface area contributed by atoms with E-state index in [0.717, 1.165) is 0 Å². The first-order valence-electron chi connectivity index (χ1n) is 6.35. The first-order valence-corrected chi connectivity index (χ1v) is 6.35. The third-order valence-corrected chi connectivity index (χ3v) is 2.95. The molecule has 0 amide bonds. The lowest BCUT2D eigenvalue weighted by atomic mass is 9.80. The summed E-state index contributed by atoms with van der Waals surface area (Å²) < 4.78 is 10.7. The standard InChI is InChI=1S/C15H18O4/c1-15(2,3)19-14(17)13-10(6-4-7-11(13)16)12-8-5-9-18-12/h4-5,7-10,13H,6H2,1-3H3/t10-,13-/m0/s1. The number of rotatable bonds is 2. The number of hydrogen-bond donors (Lipinski definition) is 0. The van der Waals surface area contributed by atoms with Crippen LogP contribution in [0.4, 0.5) is 0 Å². The molecule has 0 saturated carbocycles. The zero-order chi connectivity index (χ0) is 14.0. The number of carbonyl (C=O) groups is 2. The zero-order valence-electron chi connectivity index (χ0n) is 11.4. The summed E-state index contributed by atoms with van der Waals surface area (Å²) in [7, 11) is 0. The van der Waals surface area contributed by atoms with Gasteiger partial charge < -0.3 is 9.15 Å². The fourth-order valence-corrected chi connectivity index (χ4v) is 2.20. The molecule has 2 atom stereocenters. The van der Waals surface area contributed by atoms with Crippen LogP contribution in [0.2, 0.25) is 0 Å². The minimum atomic E-state index is -0.810. The summed E-state index contributed by atoms with van der Waals surface area (Å²) in [5.74, 6) is -1.14. The number of esters is 1. The van der Waals surface area contributed by atoms with Gasteiger partial charge in [0.2, 0.25) is 0 Å². The Bertz CT molecular complexity index is 491. The van der Waals surface area contributed by atoms with Gasteiger partial charge in [-0.1, -0.05) is 6.08 Å². The van der Waals surface area contributed by atoms with E-state index in [9.17, 15) is 9.59 Å². The van der Waals surface area contributed by atoms with E-state index in [1.54, 1.807) is 45.2 Å². The third-order valence-electron chi connectivity index (χ3n) is 2.95. The maximum absolute atomic E-state index is 12.2. The lowest BCUT2D eigenvalue weighted by Crippen LogP contribution is -2.36. The Kier molecular flexibility index (Phi) is 3.60. The molecule has 0 bridgehead atoms. The highest BCUT2D eigenvalue weighted by Gasteiger charge is 2.40. The van der Waals surface area contributed by atoms with Crippen LogP contribution in [0.1, 0.15) is 38.9 Å². The molecule has 0 aromatic carbocycles. The molecule has 1 heterocycles. The summed E-state index contributed by atoms with van der Waals surface area (Å²) >= 11 is 0. The van der Waals surface area contributed by atoms with Crippen LogP contribution in [-0.2, 0) is 14.3 Å². The van der Waals surface area contributed by atoms with Crippen molar-refractivity contribution in [2.45, 2.75) is 38.7 Å². The Labute approximate surface area is 112 Å². The van der Waals surface area contributed by atoms with Crippen LogP contribution in [0.5, 0.6) is 0 Å². The van der Waals surface area contributed by atoms with Crippen LogP contribution >= 0.6 is 0 Å². The van der Waals surface area contributed by atoms with Crippen molar-refractivity contribution in [2.75, 3.05) is 0 Å². The average molecular weight is 262 g/mol. The molecule has 0 aliphatic heterocycles. The van der Waals surface area contributed by atoms with Crippen LogP contribution in [0.15, 0.2) is 35.0 Å². The number of allylic oxidation sites excluding steroid dienone is 2. The molecule has 0 unspecified atom stereocenters. The number of carbonyl (C=O) groups excluding carboxylic acids is 2. The van der Waals surface area contributed by atoms with E-state index in [4.69, 9.17) is 9.15 Å². The molecule has 1 aliphatic rings. The van der Waals surface area contributed by atoms with Crippen molar-refractivity contribution in [1.82, 2.24) is 0 Å². The quantitative estimate of drug-likeness (QED) is 0.607. The topological polar surface area (TPSA) is 56.5 Å². The van der Waals surface area contributed by atoms with Crippen molar-refractivity contribution < 1.29 is 18.7 Å². The van der Waals surface area contributed by atoms with Gasteiger partial charge in [-0.3, -0.25) is 9.59 Å². The maximum atomic E-state index is 12.2. The molecule has 4 nitrogen and oxygen atoms in total. The fourth-order valence-electron chi connectivity index (χ4n) is 2.20. The highest BCUT2D eigenvalue weighted by atomic mass is 16.6. The summed E-state index contributed by atoms with van der Waals surface area (Å²) in [4.78, 5) is 24.2. The first kappa shape index (κ1) is 13.6. The van der Waals surface area contributed by atoms with Gasteiger partial charge in [0.25, 0.3) is 0 Å². The van der Waals surface area contributed by atoms with Gasteiger partial charge in [-0.2, -0.15) is 0 Å². The Morgan fingerprint density at radius 2 is 2.16 bits per heavy atom. The molecule has 0 spiro atoms. The van der Waals surface area contributed by atoms with Crippen LogP contribution in [0.25, 0.3) is 0 Å². The summed E-state index contributed by atoms with van der Waals surface area (Å²) in [5.41, 5.74) is -0.605. The largest absolute Gasteiger partial charge is 0.469 e. The van der Waals surface area contributed by atoms with Crippen molar-refractivity contribution >= 4 is 11.8 Å². The molecule has 1 aliphatic carbocycles. The second-order valence-electron chi connectivity index (χ2n) is 5.67. The Hall–Kier alpha value is -1.84. The highest BCUT2D eigenvalue weighted by Crippen LogP contribution is 2.34. The Morgan fingerprint density at radius 3 is 2.74 bits per heavy atom. The van der Waals surface area contributed by atoms with Gasteiger partial charge in [0.1, 0.15) is 17.3 Å². The van der Waals surface area contributed by atoms with E-state index >= 15 is 0 Å². The number of ether oxygens (including phenoxy) is 1. The monoisotopic (exact) mass is 262 g/mol. The van der Waals surface area contributed by atoms with E-state index in [1.807, 2.05) is 0 Å². The highest BCUT2D eigenvalue weighted by molar-refractivity contribution is 6.06. The van der Waals surface area contributed by atoms with Crippen molar-refractivity contribution in [2.24, 2.45) is 5.92 Å². The molecule has 0 fully saturated rings. The van der Waals surface area contributed by atoms with E-state index in [0.29, 0.717) is 12.2 Å². The molecule has 0 radical (unpaired) electrons. The fraction of sp³-hybridized carbons (Fsp3) is 0.467. The van der Waals surface area contributed by atoms with Crippen molar-refractivity contribution in [3.63, 3.8) is 0 Å². The van der Waals surface area contributed by atoms with Gasteiger partial charge in [0, 0.05) is 5.92 Å². The zero-order valence-corrected chi connectivity index (χ0v) is 11.4. The lowest BCUT2D eigenvalue weighted by Gasteiger charge is -2.28.